The summed E-state index contributed by atoms with van der Waals surface area (Å²) in [6.07, 6.45) is 0. The van der Waals surface area contributed by atoms with Gasteiger partial charge in [0.05, 0.1) is 21.7 Å². The molecule has 1 N–H and O–H groups in total. The molecule has 1 atom stereocenters. The third-order valence-electron chi connectivity index (χ3n) is 6.34. The average molecular weight is 508 g/mol. The van der Waals surface area contributed by atoms with Gasteiger partial charge in [-0.1, -0.05) is 85.9 Å². The molecule has 3 aromatic carbocycles. The minimum absolute atomic E-state index is 0.0424. The van der Waals surface area contributed by atoms with Crippen LogP contribution in [0.25, 0.3) is 5.76 Å². The smallest absolute Gasteiger partial charge is 0.300 e. The number of hydrogen-bond donors (Lipinski definition) is 1. The Morgan fingerprint density at radius 1 is 0.914 bits per heavy atom. The fraction of sp³-hybridized carbons (Fsp3) is 0.241. The molecule has 0 aromatic heterocycles. The zero-order valence-electron chi connectivity index (χ0n) is 20.3. The highest BCUT2D eigenvalue weighted by Crippen LogP contribution is 2.44. The number of aryl methyl sites for hydroxylation is 2. The van der Waals surface area contributed by atoms with E-state index in [1.54, 1.807) is 18.2 Å². The standard InChI is InChI=1S/C29H27Cl2NO3/c1-16-7-6-8-18(13-16)25-24(26(33)21-14-19(29(3,4)5)10-9-17(21)2)27(34)28(35)32(25)20-11-12-22(30)23(31)15-20/h6-15,25,33H,1-5H3/b26-24+. The fourth-order valence-electron chi connectivity index (χ4n) is 4.38. The first-order chi connectivity index (χ1) is 16.4. The minimum Gasteiger partial charge on any atom is -0.507 e. The lowest BCUT2D eigenvalue weighted by Gasteiger charge is -2.26. The first-order valence-corrected chi connectivity index (χ1v) is 12.1. The van der Waals surface area contributed by atoms with Crippen molar-refractivity contribution < 1.29 is 14.7 Å². The van der Waals surface area contributed by atoms with E-state index in [1.165, 1.54) is 4.90 Å². The summed E-state index contributed by atoms with van der Waals surface area (Å²) in [6.45, 7) is 10.1. The van der Waals surface area contributed by atoms with Crippen LogP contribution in [0.4, 0.5) is 5.69 Å². The number of rotatable bonds is 3. The molecule has 1 amide bonds. The predicted molar refractivity (Wildman–Crippen MR) is 142 cm³/mol. The van der Waals surface area contributed by atoms with Gasteiger partial charge in [0.25, 0.3) is 11.7 Å². The molecular formula is C29H27Cl2NO3. The Morgan fingerprint density at radius 3 is 2.26 bits per heavy atom. The first kappa shape index (κ1) is 25.0. The van der Waals surface area contributed by atoms with Crippen molar-refractivity contribution in [2.75, 3.05) is 4.90 Å². The van der Waals surface area contributed by atoms with E-state index in [0.717, 1.165) is 16.7 Å². The number of amides is 1. The van der Waals surface area contributed by atoms with Crippen molar-refractivity contribution in [3.05, 3.63) is 104 Å². The summed E-state index contributed by atoms with van der Waals surface area (Å²) >= 11 is 12.4. The van der Waals surface area contributed by atoms with Gasteiger partial charge in [-0.05, 0) is 60.2 Å². The van der Waals surface area contributed by atoms with E-state index in [1.807, 2.05) is 56.3 Å². The van der Waals surface area contributed by atoms with Crippen LogP contribution >= 0.6 is 23.2 Å². The molecule has 4 rings (SSSR count). The number of anilines is 1. The summed E-state index contributed by atoms with van der Waals surface area (Å²) in [5, 5.41) is 12.2. The molecule has 1 unspecified atom stereocenters. The van der Waals surface area contributed by atoms with Gasteiger partial charge in [0, 0.05) is 11.3 Å². The Labute approximate surface area is 215 Å². The molecule has 1 saturated heterocycles. The summed E-state index contributed by atoms with van der Waals surface area (Å²) in [6, 6.07) is 17.4. The van der Waals surface area contributed by atoms with Crippen molar-refractivity contribution in [2.24, 2.45) is 0 Å². The molecule has 1 heterocycles. The van der Waals surface area contributed by atoms with E-state index < -0.39 is 17.7 Å². The highest BCUT2D eigenvalue weighted by molar-refractivity contribution is 6.52. The summed E-state index contributed by atoms with van der Waals surface area (Å²) in [4.78, 5) is 28.2. The molecule has 0 bridgehead atoms. The van der Waals surface area contributed by atoms with Gasteiger partial charge < -0.3 is 5.11 Å². The zero-order valence-corrected chi connectivity index (χ0v) is 21.8. The van der Waals surface area contributed by atoms with E-state index in [4.69, 9.17) is 23.2 Å². The van der Waals surface area contributed by atoms with Crippen molar-refractivity contribution in [3.63, 3.8) is 0 Å². The summed E-state index contributed by atoms with van der Waals surface area (Å²) < 4.78 is 0. The van der Waals surface area contributed by atoms with Crippen LogP contribution in [0.15, 0.2) is 66.2 Å². The van der Waals surface area contributed by atoms with E-state index in [-0.39, 0.29) is 21.8 Å². The average Bonchev–Trinajstić information content (AvgIpc) is 3.05. The van der Waals surface area contributed by atoms with Gasteiger partial charge in [-0.3, -0.25) is 14.5 Å². The van der Waals surface area contributed by atoms with Crippen LogP contribution < -0.4 is 4.90 Å². The third-order valence-corrected chi connectivity index (χ3v) is 7.08. The summed E-state index contributed by atoms with van der Waals surface area (Å²) in [5.74, 6) is -1.68. The second-order valence-corrected chi connectivity index (χ2v) is 10.8. The Balaban J connectivity index is 2.00. The van der Waals surface area contributed by atoms with Gasteiger partial charge in [0.15, 0.2) is 0 Å². The Morgan fingerprint density at radius 2 is 1.63 bits per heavy atom. The normalized spacial score (nSPS) is 17.8. The van der Waals surface area contributed by atoms with Gasteiger partial charge in [0.2, 0.25) is 0 Å². The van der Waals surface area contributed by atoms with Crippen LogP contribution in [0.5, 0.6) is 0 Å². The highest BCUT2D eigenvalue weighted by Gasteiger charge is 2.47. The fourth-order valence-corrected chi connectivity index (χ4v) is 4.67. The predicted octanol–water partition coefficient (Wildman–Crippen LogP) is 7.53. The number of nitrogens with zero attached hydrogens (tertiary/aromatic N) is 1. The lowest BCUT2D eigenvalue weighted by Crippen LogP contribution is -2.29. The van der Waals surface area contributed by atoms with E-state index in [9.17, 15) is 14.7 Å². The monoisotopic (exact) mass is 507 g/mol. The molecular weight excluding hydrogens is 481 g/mol. The van der Waals surface area contributed by atoms with Crippen molar-refractivity contribution in [3.8, 4) is 0 Å². The number of Topliss-reactive ketones (excluding diaryl/α,β-unsaturated/α-hetero) is 1. The number of ketones is 1. The van der Waals surface area contributed by atoms with Crippen LogP contribution in [0.2, 0.25) is 10.0 Å². The van der Waals surface area contributed by atoms with Crippen molar-refractivity contribution in [1.82, 2.24) is 0 Å². The van der Waals surface area contributed by atoms with Gasteiger partial charge >= 0.3 is 0 Å². The summed E-state index contributed by atoms with van der Waals surface area (Å²) in [7, 11) is 0. The Bertz CT molecular complexity index is 1380. The largest absolute Gasteiger partial charge is 0.507 e. The van der Waals surface area contributed by atoms with Gasteiger partial charge in [0.1, 0.15) is 5.76 Å². The second kappa shape index (κ2) is 9.18. The molecule has 0 aliphatic carbocycles. The van der Waals surface area contributed by atoms with Crippen LogP contribution in [-0.2, 0) is 15.0 Å². The molecule has 1 fully saturated rings. The quantitative estimate of drug-likeness (QED) is 0.226. The third kappa shape index (κ3) is 4.61. The van der Waals surface area contributed by atoms with E-state index in [2.05, 4.69) is 20.8 Å². The molecule has 35 heavy (non-hydrogen) atoms. The number of hydrogen-bond acceptors (Lipinski definition) is 3. The van der Waals surface area contributed by atoms with E-state index >= 15 is 0 Å². The Kier molecular flexibility index (Phi) is 6.56. The first-order valence-electron chi connectivity index (χ1n) is 11.3. The zero-order chi connectivity index (χ0) is 25.7. The van der Waals surface area contributed by atoms with Crippen LogP contribution in [0.3, 0.4) is 0 Å². The molecule has 0 saturated carbocycles. The van der Waals surface area contributed by atoms with Crippen molar-refractivity contribution >= 4 is 46.3 Å². The topological polar surface area (TPSA) is 57.6 Å². The highest BCUT2D eigenvalue weighted by atomic mass is 35.5. The molecule has 0 radical (unpaired) electrons. The molecule has 0 spiro atoms. The van der Waals surface area contributed by atoms with Crippen LogP contribution in [0, 0.1) is 13.8 Å². The molecule has 4 nitrogen and oxygen atoms in total. The molecule has 1 aliphatic rings. The van der Waals surface area contributed by atoms with Crippen molar-refractivity contribution in [2.45, 2.75) is 46.1 Å². The van der Waals surface area contributed by atoms with Crippen LogP contribution in [-0.4, -0.2) is 16.8 Å². The number of benzene rings is 3. The molecule has 180 valence electrons. The Hall–Kier alpha value is -3.08. The molecule has 6 heteroatoms. The number of halogens is 2. The maximum Gasteiger partial charge on any atom is 0.300 e. The maximum atomic E-state index is 13.4. The van der Waals surface area contributed by atoms with Gasteiger partial charge in [-0.15, -0.1) is 0 Å². The molecule has 3 aromatic rings. The second-order valence-electron chi connectivity index (χ2n) is 9.96. The van der Waals surface area contributed by atoms with Gasteiger partial charge in [-0.2, -0.15) is 0 Å². The minimum atomic E-state index is -0.829. The van der Waals surface area contributed by atoms with Gasteiger partial charge in [-0.25, -0.2) is 0 Å². The maximum absolute atomic E-state index is 13.4. The molecule has 1 aliphatic heterocycles. The lowest BCUT2D eigenvalue weighted by atomic mass is 9.84. The number of carbonyl (C=O) groups is 2. The van der Waals surface area contributed by atoms with Crippen molar-refractivity contribution in [1.29, 1.82) is 0 Å². The SMILES string of the molecule is Cc1cccc(C2/C(=C(\O)c3cc(C(C)(C)C)ccc3C)C(=O)C(=O)N2c2ccc(Cl)c(Cl)c2)c1. The number of carbonyl (C=O) groups excluding carboxylic acids is 2. The number of aliphatic hydroxyl groups is 1. The van der Waals surface area contributed by atoms with E-state index in [0.29, 0.717) is 21.8 Å². The lowest BCUT2D eigenvalue weighted by molar-refractivity contribution is -0.132. The van der Waals surface area contributed by atoms with Crippen LogP contribution in [0.1, 0.15) is 54.6 Å². The number of aliphatic hydroxyl groups excluding tert-OH is 1. The summed E-state index contributed by atoms with van der Waals surface area (Å²) in [5.41, 5.74) is 4.32.